The number of rotatable bonds is 5. The molecule has 2 aromatic rings. The lowest BCUT2D eigenvalue weighted by atomic mass is 9.87. The van der Waals surface area contributed by atoms with Crippen molar-refractivity contribution >= 4 is 10.0 Å². The molecule has 3 rings (SSSR count). The van der Waals surface area contributed by atoms with Gasteiger partial charge in [-0.15, -0.1) is 0 Å². The Bertz CT molecular complexity index is 970. The zero-order valence-electron chi connectivity index (χ0n) is 15.4. The number of hydrogen-bond acceptors (Lipinski definition) is 2. The van der Waals surface area contributed by atoms with E-state index < -0.39 is 27.1 Å². The zero-order chi connectivity index (χ0) is 19.3. The summed E-state index contributed by atoms with van der Waals surface area (Å²) >= 11 is 0. The van der Waals surface area contributed by atoms with Crippen molar-refractivity contribution in [2.45, 2.75) is 44.4 Å². The first kappa shape index (κ1) is 19.0. The van der Waals surface area contributed by atoms with Gasteiger partial charge < -0.3 is 0 Å². The van der Waals surface area contributed by atoms with E-state index in [4.69, 9.17) is 0 Å². The van der Waals surface area contributed by atoms with E-state index in [0.717, 1.165) is 11.6 Å². The van der Waals surface area contributed by atoms with Gasteiger partial charge in [-0.05, 0) is 48.9 Å². The lowest BCUT2D eigenvalue weighted by Crippen LogP contribution is -2.35. The Labute approximate surface area is 153 Å². The Morgan fingerprint density at radius 1 is 1.08 bits per heavy atom. The van der Waals surface area contributed by atoms with Gasteiger partial charge in [-0.25, -0.2) is 21.9 Å². The number of sulfonamides is 1. The van der Waals surface area contributed by atoms with Crippen LogP contribution in [0.15, 0.2) is 41.3 Å². The molecule has 1 unspecified atom stereocenters. The van der Waals surface area contributed by atoms with Crippen molar-refractivity contribution < 1.29 is 17.2 Å². The second-order valence-electron chi connectivity index (χ2n) is 7.86. The fourth-order valence-corrected chi connectivity index (χ4v) is 5.16. The van der Waals surface area contributed by atoms with Gasteiger partial charge in [0.05, 0.1) is 4.90 Å². The van der Waals surface area contributed by atoms with Crippen LogP contribution in [0, 0.1) is 30.9 Å². The van der Waals surface area contributed by atoms with Crippen LogP contribution in [0.1, 0.15) is 37.0 Å². The number of halogens is 2. The zero-order valence-corrected chi connectivity index (χ0v) is 16.2. The molecule has 0 spiro atoms. The molecule has 0 amide bonds. The monoisotopic (exact) mass is 379 g/mol. The Morgan fingerprint density at radius 3 is 2.27 bits per heavy atom. The summed E-state index contributed by atoms with van der Waals surface area (Å²) in [6, 6.07) is 8.63. The second kappa shape index (κ2) is 6.13. The van der Waals surface area contributed by atoms with Gasteiger partial charge in [-0.3, -0.25) is 0 Å². The molecule has 1 fully saturated rings. The molecule has 0 aromatic heterocycles. The van der Waals surface area contributed by atoms with E-state index in [1.807, 2.05) is 26.8 Å². The molecule has 1 atom stereocenters. The quantitative estimate of drug-likeness (QED) is 0.845. The van der Waals surface area contributed by atoms with Gasteiger partial charge in [0.15, 0.2) is 0 Å². The van der Waals surface area contributed by atoms with Crippen molar-refractivity contribution in [3.8, 4) is 0 Å². The summed E-state index contributed by atoms with van der Waals surface area (Å²) in [6.45, 7) is 7.63. The average molecular weight is 379 g/mol. The number of benzene rings is 2. The van der Waals surface area contributed by atoms with Crippen LogP contribution >= 0.6 is 0 Å². The van der Waals surface area contributed by atoms with Crippen molar-refractivity contribution in [3.05, 3.63) is 64.7 Å². The first-order chi connectivity index (χ1) is 12.0. The summed E-state index contributed by atoms with van der Waals surface area (Å²) in [7, 11) is -3.73. The maximum Gasteiger partial charge on any atom is 0.240 e. The van der Waals surface area contributed by atoms with Crippen LogP contribution in [0.2, 0.25) is 0 Å². The van der Waals surface area contributed by atoms with Crippen LogP contribution in [0.4, 0.5) is 8.78 Å². The molecule has 140 valence electrons. The first-order valence-electron chi connectivity index (χ1n) is 8.51. The summed E-state index contributed by atoms with van der Waals surface area (Å²) in [5.41, 5.74) is 1.03. The molecular weight excluding hydrogens is 356 g/mol. The molecular formula is C20H23F2NO2S. The van der Waals surface area contributed by atoms with Crippen molar-refractivity contribution in [3.63, 3.8) is 0 Å². The number of aryl methyl sites for hydroxylation is 2. The summed E-state index contributed by atoms with van der Waals surface area (Å²) in [5.74, 6) is -1.28. The molecule has 1 aliphatic carbocycles. The smallest absolute Gasteiger partial charge is 0.210 e. The lowest BCUT2D eigenvalue weighted by molar-refractivity contribution is 0.459. The van der Waals surface area contributed by atoms with E-state index >= 15 is 0 Å². The molecule has 0 bridgehead atoms. The van der Waals surface area contributed by atoms with E-state index in [1.165, 1.54) is 12.1 Å². The Balaban J connectivity index is 1.91. The highest BCUT2D eigenvalue weighted by atomic mass is 32.2. The van der Waals surface area contributed by atoms with Crippen LogP contribution in [0.5, 0.6) is 0 Å². The molecule has 1 N–H and O–H groups in total. The molecule has 0 aliphatic heterocycles. The minimum absolute atomic E-state index is 0.0677. The van der Waals surface area contributed by atoms with Crippen LogP contribution in [-0.4, -0.2) is 15.0 Å². The average Bonchev–Trinajstić information content (AvgIpc) is 3.07. The molecule has 0 radical (unpaired) electrons. The number of hydrogen-bond donors (Lipinski definition) is 1. The van der Waals surface area contributed by atoms with Crippen molar-refractivity contribution in [2.75, 3.05) is 6.54 Å². The van der Waals surface area contributed by atoms with E-state index in [2.05, 4.69) is 4.72 Å². The SMILES string of the molecule is Cc1ccc(S(=O)(=O)NCC2(c3ccc(F)cc3F)CC2(C)C)c(C)c1. The first-order valence-corrected chi connectivity index (χ1v) is 9.99. The Kier molecular flexibility index (Phi) is 4.48. The minimum atomic E-state index is -3.73. The highest BCUT2D eigenvalue weighted by Gasteiger charge is 2.63. The maximum atomic E-state index is 14.4. The molecule has 1 aliphatic rings. The predicted molar refractivity (Wildman–Crippen MR) is 97.5 cm³/mol. The largest absolute Gasteiger partial charge is 0.240 e. The van der Waals surface area contributed by atoms with Crippen molar-refractivity contribution in [2.24, 2.45) is 5.41 Å². The Morgan fingerprint density at radius 2 is 1.73 bits per heavy atom. The molecule has 1 saturated carbocycles. The fraction of sp³-hybridized carbons (Fsp3) is 0.400. The van der Waals surface area contributed by atoms with Gasteiger partial charge in [0.25, 0.3) is 0 Å². The van der Waals surface area contributed by atoms with Gasteiger partial charge in [0, 0.05) is 18.0 Å². The van der Waals surface area contributed by atoms with Crippen molar-refractivity contribution in [1.82, 2.24) is 4.72 Å². The fourth-order valence-electron chi connectivity index (χ4n) is 3.84. The van der Waals surface area contributed by atoms with Gasteiger partial charge >= 0.3 is 0 Å². The molecule has 6 heteroatoms. The second-order valence-corrected chi connectivity index (χ2v) is 9.60. The van der Waals surface area contributed by atoms with E-state index in [0.29, 0.717) is 17.5 Å². The molecule has 26 heavy (non-hydrogen) atoms. The molecule has 0 saturated heterocycles. The standard InChI is InChI=1S/C20H23F2NO2S/c1-13-5-8-18(14(2)9-13)26(24,25)23-12-20(11-19(20,3)4)16-7-6-15(21)10-17(16)22/h5-10,23H,11-12H2,1-4H3. The van der Waals surface area contributed by atoms with Crippen LogP contribution in [-0.2, 0) is 15.4 Å². The summed E-state index contributed by atoms with van der Waals surface area (Å²) < 4.78 is 55.8. The summed E-state index contributed by atoms with van der Waals surface area (Å²) in [6.07, 6.45) is 0.623. The van der Waals surface area contributed by atoms with Gasteiger partial charge in [0.1, 0.15) is 11.6 Å². The maximum absolute atomic E-state index is 14.4. The lowest BCUT2D eigenvalue weighted by Gasteiger charge is -2.23. The van der Waals surface area contributed by atoms with Gasteiger partial charge in [-0.1, -0.05) is 37.6 Å². The van der Waals surface area contributed by atoms with E-state index in [1.54, 1.807) is 19.1 Å². The third kappa shape index (κ3) is 3.16. The van der Waals surface area contributed by atoms with Crippen molar-refractivity contribution in [1.29, 1.82) is 0 Å². The predicted octanol–water partition coefficient (Wildman–Crippen LogP) is 4.23. The minimum Gasteiger partial charge on any atom is -0.210 e. The molecule has 2 aromatic carbocycles. The molecule has 3 nitrogen and oxygen atoms in total. The summed E-state index contributed by atoms with van der Waals surface area (Å²) in [5, 5.41) is 0. The highest BCUT2D eigenvalue weighted by Crippen LogP contribution is 2.64. The normalized spacial score (nSPS) is 21.6. The van der Waals surface area contributed by atoms with Crippen LogP contribution in [0.25, 0.3) is 0 Å². The Hall–Kier alpha value is -1.79. The van der Waals surface area contributed by atoms with E-state index in [-0.39, 0.29) is 16.9 Å². The molecule has 0 heterocycles. The number of nitrogens with one attached hydrogen (secondary N) is 1. The highest BCUT2D eigenvalue weighted by molar-refractivity contribution is 7.89. The third-order valence-corrected chi connectivity index (χ3v) is 7.11. The van der Waals surface area contributed by atoms with E-state index in [9.17, 15) is 17.2 Å². The van der Waals surface area contributed by atoms with Gasteiger partial charge in [0.2, 0.25) is 10.0 Å². The summed E-state index contributed by atoms with van der Waals surface area (Å²) in [4.78, 5) is 0.219. The van der Waals surface area contributed by atoms with Gasteiger partial charge in [-0.2, -0.15) is 0 Å². The topological polar surface area (TPSA) is 46.2 Å². The van der Waals surface area contributed by atoms with Crippen LogP contribution < -0.4 is 4.72 Å². The third-order valence-electron chi connectivity index (χ3n) is 5.54. The van der Waals surface area contributed by atoms with Crippen LogP contribution in [0.3, 0.4) is 0 Å².